The Morgan fingerprint density at radius 1 is 1.33 bits per heavy atom. The van der Waals surface area contributed by atoms with Crippen molar-refractivity contribution in [2.75, 3.05) is 5.73 Å². The van der Waals surface area contributed by atoms with E-state index >= 15 is 0 Å². The van der Waals surface area contributed by atoms with E-state index in [-0.39, 0.29) is 5.56 Å². The third kappa shape index (κ3) is 2.25. The van der Waals surface area contributed by atoms with Gasteiger partial charge in [0, 0.05) is 13.1 Å². The van der Waals surface area contributed by atoms with Crippen LogP contribution in [0.25, 0.3) is 0 Å². The minimum Gasteiger partial charge on any atom is -0.393 e. The highest BCUT2D eigenvalue weighted by molar-refractivity contribution is 5.40. The Bertz CT molecular complexity index is 387. The average Bonchev–Trinajstić information content (AvgIpc) is 2.35. The van der Waals surface area contributed by atoms with Crippen molar-refractivity contribution in [2.45, 2.75) is 47.2 Å². The molecule has 0 atom stereocenters. The van der Waals surface area contributed by atoms with Gasteiger partial charge in [0.1, 0.15) is 5.69 Å². The van der Waals surface area contributed by atoms with Gasteiger partial charge in [0.25, 0.3) is 5.56 Å². The van der Waals surface area contributed by atoms with Crippen molar-refractivity contribution >= 4 is 5.69 Å². The number of anilines is 1. The number of aromatic nitrogens is 2. The highest BCUT2D eigenvalue weighted by Crippen LogP contribution is 2.09. The molecule has 0 aliphatic carbocycles. The third-order valence-electron chi connectivity index (χ3n) is 2.51. The molecule has 2 N–H and O–H groups in total. The summed E-state index contributed by atoms with van der Waals surface area (Å²) in [5.74, 6) is 0.451. The van der Waals surface area contributed by atoms with Gasteiger partial charge in [0.05, 0.1) is 5.69 Å². The molecule has 1 aromatic rings. The summed E-state index contributed by atoms with van der Waals surface area (Å²) in [6.07, 6.45) is 1.01. The molecule has 0 aliphatic heterocycles. The quantitative estimate of drug-likeness (QED) is 0.822. The molecule has 0 radical (unpaired) electrons. The Morgan fingerprint density at radius 3 is 2.40 bits per heavy atom. The van der Waals surface area contributed by atoms with E-state index in [1.807, 2.05) is 11.6 Å². The lowest BCUT2D eigenvalue weighted by atomic mass is 10.2. The monoisotopic (exact) mass is 211 g/mol. The van der Waals surface area contributed by atoms with Crippen LogP contribution in [0, 0.1) is 12.8 Å². The first-order valence-electron chi connectivity index (χ1n) is 5.54. The first kappa shape index (κ1) is 11.9. The molecule has 0 fully saturated rings. The van der Waals surface area contributed by atoms with Crippen LogP contribution in [0.5, 0.6) is 0 Å². The lowest BCUT2D eigenvalue weighted by Crippen LogP contribution is -2.26. The summed E-state index contributed by atoms with van der Waals surface area (Å²) < 4.78 is 3.76. The minimum absolute atomic E-state index is 0.0466. The van der Waals surface area contributed by atoms with Gasteiger partial charge in [0.15, 0.2) is 0 Å². The Morgan fingerprint density at radius 2 is 1.93 bits per heavy atom. The van der Waals surface area contributed by atoms with Crippen LogP contribution in [-0.4, -0.2) is 9.36 Å². The fourth-order valence-corrected chi connectivity index (χ4v) is 1.75. The molecule has 0 spiro atoms. The zero-order chi connectivity index (χ0) is 11.6. The van der Waals surface area contributed by atoms with Crippen LogP contribution in [0.1, 0.15) is 32.9 Å². The smallest absolute Gasteiger partial charge is 0.290 e. The van der Waals surface area contributed by atoms with Crippen LogP contribution in [-0.2, 0) is 13.1 Å². The van der Waals surface area contributed by atoms with E-state index in [2.05, 4.69) is 20.8 Å². The molecule has 0 saturated carbocycles. The normalized spacial score (nSPS) is 11.3. The topological polar surface area (TPSA) is 52.9 Å². The maximum absolute atomic E-state index is 11.8. The van der Waals surface area contributed by atoms with Gasteiger partial charge in [-0.3, -0.25) is 9.48 Å². The van der Waals surface area contributed by atoms with Crippen molar-refractivity contribution in [2.24, 2.45) is 5.92 Å². The van der Waals surface area contributed by atoms with Crippen molar-refractivity contribution in [3.63, 3.8) is 0 Å². The molecule has 0 amide bonds. The first-order valence-corrected chi connectivity index (χ1v) is 5.54. The average molecular weight is 211 g/mol. The van der Waals surface area contributed by atoms with Crippen molar-refractivity contribution in [3.8, 4) is 0 Å². The van der Waals surface area contributed by atoms with Gasteiger partial charge in [-0.05, 0) is 19.3 Å². The largest absolute Gasteiger partial charge is 0.393 e. The summed E-state index contributed by atoms with van der Waals surface area (Å²) in [6.45, 7) is 9.79. The Kier molecular flexibility index (Phi) is 3.61. The summed E-state index contributed by atoms with van der Waals surface area (Å²) in [6, 6.07) is 0. The molecule has 1 rings (SSSR count). The Labute approximate surface area is 90.7 Å². The van der Waals surface area contributed by atoms with E-state index in [1.165, 1.54) is 0 Å². The Hall–Kier alpha value is -1.19. The van der Waals surface area contributed by atoms with Crippen molar-refractivity contribution in [1.29, 1.82) is 0 Å². The van der Waals surface area contributed by atoms with Crippen LogP contribution in [0.15, 0.2) is 4.79 Å². The van der Waals surface area contributed by atoms with Gasteiger partial charge >= 0.3 is 0 Å². The predicted octanol–water partition coefficient (Wildman–Crippen LogP) is 1.61. The van der Waals surface area contributed by atoms with Gasteiger partial charge in [-0.2, -0.15) is 0 Å². The maximum atomic E-state index is 11.8. The molecule has 0 unspecified atom stereocenters. The van der Waals surface area contributed by atoms with E-state index < -0.39 is 0 Å². The van der Waals surface area contributed by atoms with Crippen molar-refractivity contribution in [1.82, 2.24) is 9.36 Å². The SMILES string of the molecule is CCCn1c(C)c(N)c(=O)n1CC(C)C. The van der Waals surface area contributed by atoms with Gasteiger partial charge in [-0.25, -0.2) is 4.68 Å². The van der Waals surface area contributed by atoms with Gasteiger partial charge in [-0.1, -0.05) is 20.8 Å². The van der Waals surface area contributed by atoms with E-state index in [0.717, 1.165) is 25.2 Å². The molecule has 1 heterocycles. The lowest BCUT2D eigenvalue weighted by Gasteiger charge is -2.14. The summed E-state index contributed by atoms with van der Waals surface area (Å²) in [5.41, 5.74) is 6.99. The number of hydrogen-bond donors (Lipinski definition) is 1. The van der Waals surface area contributed by atoms with E-state index in [0.29, 0.717) is 11.6 Å². The number of rotatable bonds is 4. The highest BCUT2D eigenvalue weighted by atomic mass is 16.1. The second-order valence-corrected chi connectivity index (χ2v) is 4.40. The van der Waals surface area contributed by atoms with Crippen LogP contribution in [0.2, 0.25) is 0 Å². The molecular weight excluding hydrogens is 190 g/mol. The molecule has 4 heteroatoms. The number of nitrogen functional groups attached to an aromatic ring is 1. The maximum Gasteiger partial charge on any atom is 0.290 e. The lowest BCUT2D eigenvalue weighted by molar-refractivity contribution is 0.381. The molecular formula is C11H21N3O. The third-order valence-corrected chi connectivity index (χ3v) is 2.51. The molecule has 0 aromatic carbocycles. The number of nitrogens with two attached hydrogens (primary N) is 1. The van der Waals surface area contributed by atoms with Crippen LogP contribution in [0.4, 0.5) is 5.69 Å². The Balaban J connectivity index is 3.21. The van der Waals surface area contributed by atoms with E-state index in [1.54, 1.807) is 4.68 Å². The first-order chi connectivity index (χ1) is 6.99. The van der Waals surface area contributed by atoms with Gasteiger partial charge < -0.3 is 5.73 Å². The predicted molar refractivity (Wildman–Crippen MR) is 63.0 cm³/mol. The molecule has 86 valence electrons. The standard InChI is InChI=1S/C11H21N3O/c1-5-6-13-9(4)10(12)11(15)14(13)7-8(2)3/h8H,5-7,12H2,1-4H3. The highest BCUT2D eigenvalue weighted by Gasteiger charge is 2.14. The number of hydrogen-bond acceptors (Lipinski definition) is 2. The zero-order valence-corrected chi connectivity index (χ0v) is 10.1. The molecule has 0 aliphatic rings. The second kappa shape index (κ2) is 4.55. The van der Waals surface area contributed by atoms with E-state index in [4.69, 9.17) is 5.73 Å². The van der Waals surface area contributed by atoms with Crippen molar-refractivity contribution in [3.05, 3.63) is 16.0 Å². The summed E-state index contributed by atoms with van der Waals surface area (Å²) in [7, 11) is 0. The van der Waals surface area contributed by atoms with Gasteiger partial charge in [0.2, 0.25) is 0 Å². The van der Waals surface area contributed by atoms with Crippen LogP contribution < -0.4 is 11.3 Å². The fourth-order valence-electron chi connectivity index (χ4n) is 1.75. The minimum atomic E-state index is -0.0466. The molecule has 4 nitrogen and oxygen atoms in total. The summed E-state index contributed by atoms with van der Waals surface area (Å²) >= 11 is 0. The van der Waals surface area contributed by atoms with Crippen LogP contribution >= 0.6 is 0 Å². The molecule has 0 saturated heterocycles. The summed E-state index contributed by atoms with van der Waals surface area (Å²) in [4.78, 5) is 11.8. The molecule has 1 aromatic heterocycles. The molecule has 15 heavy (non-hydrogen) atoms. The van der Waals surface area contributed by atoms with E-state index in [9.17, 15) is 4.79 Å². The number of nitrogens with zero attached hydrogens (tertiary/aromatic N) is 2. The van der Waals surface area contributed by atoms with Gasteiger partial charge in [-0.15, -0.1) is 0 Å². The van der Waals surface area contributed by atoms with Crippen LogP contribution in [0.3, 0.4) is 0 Å². The zero-order valence-electron chi connectivity index (χ0n) is 10.1. The fraction of sp³-hybridized carbons (Fsp3) is 0.727. The molecule has 0 bridgehead atoms. The second-order valence-electron chi connectivity index (χ2n) is 4.40. The van der Waals surface area contributed by atoms with Crippen molar-refractivity contribution < 1.29 is 0 Å². The summed E-state index contributed by atoms with van der Waals surface area (Å²) in [5, 5.41) is 0.